The number of esters is 1. The fourth-order valence-electron chi connectivity index (χ4n) is 2.14. The van der Waals surface area contributed by atoms with Crippen LogP contribution >= 0.6 is 0 Å². The number of benzene rings is 1. The Balaban J connectivity index is 1.71. The van der Waals surface area contributed by atoms with Crippen molar-refractivity contribution in [3.8, 4) is 0 Å². The second kappa shape index (κ2) is 8.10. The summed E-state index contributed by atoms with van der Waals surface area (Å²) in [7, 11) is 0. The van der Waals surface area contributed by atoms with Gasteiger partial charge in [0, 0.05) is 12.2 Å². The van der Waals surface area contributed by atoms with Crippen molar-refractivity contribution >= 4 is 5.97 Å². The number of carbonyl (C=O) groups is 1. The summed E-state index contributed by atoms with van der Waals surface area (Å²) < 4.78 is 29.5. The Morgan fingerprint density at radius 3 is 2.95 bits per heavy atom. The van der Waals surface area contributed by atoms with Crippen LogP contribution in [-0.2, 0) is 25.6 Å². The van der Waals surface area contributed by atoms with Crippen LogP contribution in [0.3, 0.4) is 0 Å². The first kappa shape index (κ1) is 15.9. The summed E-state index contributed by atoms with van der Waals surface area (Å²) in [6.45, 7) is 2.68. The molecule has 0 N–H and O–H groups in total. The van der Waals surface area contributed by atoms with E-state index in [2.05, 4.69) is 0 Å². The molecule has 0 aromatic heterocycles. The van der Waals surface area contributed by atoms with E-state index in [4.69, 9.17) is 14.2 Å². The van der Waals surface area contributed by atoms with E-state index in [0.29, 0.717) is 12.2 Å². The van der Waals surface area contributed by atoms with Gasteiger partial charge in [0.2, 0.25) is 0 Å². The molecule has 2 unspecified atom stereocenters. The van der Waals surface area contributed by atoms with Crippen LogP contribution in [0.25, 0.3) is 0 Å². The number of ether oxygens (including phenoxy) is 3. The van der Waals surface area contributed by atoms with Crippen molar-refractivity contribution in [1.29, 1.82) is 0 Å². The van der Waals surface area contributed by atoms with Crippen LogP contribution in [0.4, 0.5) is 4.39 Å². The second-order valence-electron chi connectivity index (χ2n) is 5.16. The maximum Gasteiger partial charge on any atom is 0.335 e. The van der Waals surface area contributed by atoms with Gasteiger partial charge in [-0.25, -0.2) is 9.18 Å². The number of hydrogen-bond acceptors (Lipinski definition) is 4. The fourth-order valence-corrected chi connectivity index (χ4v) is 2.14. The third kappa shape index (κ3) is 5.10. The molecule has 1 fully saturated rings. The van der Waals surface area contributed by atoms with Crippen molar-refractivity contribution in [2.45, 2.75) is 45.0 Å². The molecule has 0 radical (unpaired) electrons. The van der Waals surface area contributed by atoms with Crippen LogP contribution in [0.1, 0.15) is 31.7 Å². The summed E-state index contributed by atoms with van der Waals surface area (Å²) in [5, 5.41) is 0. The first-order chi connectivity index (χ1) is 10.2. The number of hydrogen-bond donors (Lipinski definition) is 0. The van der Waals surface area contributed by atoms with Gasteiger partial charge in [0.1, 0.15) is 12.4 Å². The zero-order valence-electron chi connectivity index (χ0n) is 12.2. The van der Waals surface area contributed by atoms with Gasteiger partial charge in [-0.3, -0.25) is 0 Å². The zero-order chi connectivity index (χ0) is 15.1. The molecule has 1 aliphatic heterocycles. The average Bonchev–Trinajstić information content (AvgIpc) is 2.52. The van der Waals surface area contributed by atoms with Gasteiger partial charge in [-0.15, -0.1) is 0 Å². The summed E-state index contributed by atoms with van der Waals surface area (Å²) in [6.07, 6.45) is 2.54. The van der Waals surface area contributed by atoms with Crippen molar-refractivity contribution in [3.05, 3.63) is 35.6 Å². The van der Waals surface area contributed by atoms with Crippen LogP contribution in [0.2, 0.25) is 0 Å². The Labute approximate surface area is 124 Å². The lowest BCUT2D eigenvalue weighted by atomic mass is 10.1. The molecule has 1 aromatic rings. The van der Waals surface area contributed by atoms with Crippen molar-refractivity contribution in [2.24, 2.45) is 0 Å². The third-order valence-corrected chi connectivity index (χ3v) is 3.47. The number of rotatable bonds is 6. The molecule has 2 atom stereocenters. The van der Waals surface area contributed by atoms with Crippen LogP contribution in [0.15, 0.2) is 24.3 Å². The first-order valence-electron chi connectivity index (χ1n) is 7.30. The van der Waals surface area contributed by atoms with E-state index in [1.54, 1.807) is 25.1 Å². The van der Waals surface area contributed by atoms with Crippen LogP contribution in [0, 0.1) is 5.82 Å². The fraction of sp³-hybridized carbons (Fsp3) is 0.562. The van der Waals surface area contributed by atoms with Gasteiger partial charge in [-0.2, -0.15) is 0 Å². The minimum absolute atomic E-state index is 0.0561. The standard InChI is InChI=1S/C16H21FO4/c1-12(20-11-14-7-4-5-9-19-14)16(18)21-10-13-6-2-3-8-15(13)17/h2-3,6,8,12,14H,4-5,7,9-11H2,1H3. The van der Waals surface area contributed by atoms with E-state index in [1.807, 2.05) is 0 Å². The molecular weight excluding hydrogens is 275 g/mol. The maximum atomic E-state index is 13.4. The molecule has 1 saturated heterocycles. The number of halogens is 1. The Kier molecular flexibility index (Phi) is 6.14. The molecule has 0 spiro atoms. The molecule has 116 valence electrons. The van der Waals surface area contributed by atoms with Crippen LogP contribution in [0.5, 0.6) is 0 Å². The maximum absolute atomic E-state index is 13.4. The molecule has 1 aliphatic rings. The highest BCUT2D eigenvalue weighted by molar-refractivity contribution is 5.74. The Bertz CT molecular complexity index is 457. The lowest BCUT2D eigenvalue weighted by Crippen LogP contribution is -2.30. The summed E-state index contributed by atoms with van der Waals surface area (Å²) in [4.78, 5) is 11.8. The quantitative estimate of drug-likeness (QED) is 0.757. The highest BCUT2D eigenvalue weighted by atomic mass is 19.1. The van der Waals surface area contributed by atoms with E-state index in [0.717, 1.165) is 25.9 Å². The number of carbonyl (C=O) groups excluding carboxylic acids is 1. The lowest BCUT2D eigenvalue weighted by molar-refractivity contribution is -0.160. The highest BCUT2D eigenvalue weighted by Crippen LogP contribution is 2.14. The predicted octanol–water partition coefficient (Wildman–Crippen LogP) is 2.84. The molecule has 1 aromatic carbocycles. The van der Waals surface area contributed by atoms with Crippen LogP contribution < -0.4 is 0 Å². The van der Waals surface area contributed by atoms with Crippen molar-refractivity contribution in [1.82, 2.24) is 0 Å². The SMILES string of the molecule is CC(OCC1CCCCO1)C(=O)OCc1ccccc1F. The van der Waals surface area contributed by atoms with Crippen LogP contribution in [-0.4, -0.2) is 31.4 Å². The van der Waals surface area contributed by atoms with Crippen molar-refractivity contribution in [2.75, 3.05) is 13.2 Å². The average molecular weight is 296 g/mol. The predicted molar refractivity (Wildman–Crippen MR) is 75.2 cm³/mol. The van der Waals surface area contributed by atoms with E-state index in [9.17, 15) is 9.18 Å². The zero-order valence-corrected chi connectivity index (χ0v) is 12.2. The smallest absolute Gasteiger partial charge is 0.335 e. The van der Waals surface area contributed by atoms with Gasteiger partial charge in [-0.1, -0.05) is 18.2 Å². The Morgan fingerprint density at radius 2 is 2.24 bits per heavy atom. The second-order valence-corrected chi connectivity index (χ2v) is 5.16. The molecule has 0 aliphatic carbocycles. The minimum Gasteiger partial charge on any atom is -0.459 e. The monoisotopic (exact) mass is 296 g/mol. The lowest BCUT2D eigenvalue weighted by Gasteiger charge is -2.23. The molecule has 1 heterocycles. The molecule has 0 bridgehead atoms. The van der Waals surface area contributed by atoms with Gasteiger partial charge >= 0.3 is 5.97 Å². The highest BCUT2D eigenvalue weighted by Gasteiger charge is 2.20. The molecular formula is C16H21FO4. The topological polar surface area (TPSA) is 44.8 Å². The Hall–Kier alpha value is -1.46. The van der Waals surface area contributed by atoms with E-state index in [1.165, 1.54) is 6.07 Å². The van der Waals surface area contributed by atoms with E-state index < -0.39 is 12.1 Å². The minimum atomic E-state index is -0.678. The third-order valence-electron chi connectivity index (χ3n) is 3.47. The van der Waals surface area contributed by atoms with Crippen molar-refractivity contribution < 1.29 is 23.4 Å². The largest absolute Gasteiger partial charge is 0.459 e. The van der Waals surface area contributed by atoms with Gasteiger partial charge < -0.3 is 14.2 Å². The summed E-state index contributed by atoms with van der Waals surface area (Å²) in [5.41, 5.74) is 0.355. The molecule has 21 heavy (non-hydrogen) atoms. The molecule has 0 amide bonds. The normalized spacial score (nSPS) is 20.0. The Morgan fingerprint density at radius 1 is 1.43 bits per heavy atom. The molecule has 2 rings (SSSR count). The first-order valence-corrected chi connectivity index (χ1v) is 7.30. The summed E-state index contributed by atoms with van der Waals surface area (Å²) >= 11 is 0. The molecule has 5 heteroatoms. The van der Waals surface area contributed by atoms with E-state index in [-0.39, 0.29) is 18.5 Å². The van der Waals surface area contributed by atoms with E-state index >= 15 is 0 Å². The van der Waals surface area contributed by atoms with Gasteiger partial charge in [-0.05, 0) is 32.3 Å². The summed E-state index contributed by atoms with van der Waals surface area (Å²) in [5.74, 6) is -0.872. The molecule has 0 saturated carbocycles. The molecule has 4 nitrogen and oxygen atoms in total. The summed E-state index contributed by atoms with van der Waals surface area (Å²) in [6, 6.07) is 6.22. The van der Waals surface area contributed by atoms with Crippen molar-refractivity contribution in [3.63, 3.8) is 0 Å². The van der Waals surface area contributed by atoms with Gasteiger partial charge in [0.05, 0.1) is 12.7 Å². The van der Waals surface area contributed by atoms with Gasteiger partial charge in [0.15, 0.2) is 6.10 Å². The van der Waals surface area contributed by atoms with Gasteiger partial charge in [0.25, 0.3) is 0 Å².